The molecule has 1 aromatic carbocycles. The number of ether oxygens (including phenoxy) is 2. The number of anilines is 1. The normalized spacial score (nSPS) is 12.4. The predicted molar refractivity (Wildman–Crippen MR) is 66.2 cm³/mol. The minimum Gasteiger partial charge on any atom is -0.428 e. The van der Waals surface area contributed by atoms with Crippen LogP contribution in [0.15, 0.2) is 18.2 Å². The van der Waals surface area contributed by atoms with Gasteiger partial charge in [-0.05, 0) is 19.1 Å². The Bertz CT molecular complexity index is 547. The van der Waals surface area contributed by atoms with Crippen molar-refractivity contribution in [2.24, 2.45) is 0 Å². The van der Waals surface area contributed by atoms with Gasteiger partial charge in [-0.15, -0.1) is 0 Å². The first-order valence-electron chi connectivity index (χ1n) is 5.19. The Morgan fingerprint density at radius 2 is 2.22 bits per heavy atom. The first kappa shape index (κ1) is 12.7. The molecule has 0 amide bonds. The van der Waals surface area contributed by atoms with Crippen molar-refractivity contribution in [3.8, 4) is 10.9 Å². The highest BCUT2D eigenvalue weighted by molar-refractivity contribution is 7.07. The second kappa shape index (κ2) is 5.28. The van der Waals surface area contributed by atoms with Crippen LogP contribution in [0.3, 0.4) is 0 Å². The van der Waals surface area contributed by atoms with Gasteiger partial charge in [-0.2, -0.15) is 9.36 Å². The van der Waals surface area contributed by atoms with E-state index in [1.807, 2.05) is 6.92 Å². The summed E-state index contributed by atoms with van der Waals surface area (Å²) in [5, 5.41) is 0.340. The van der Waals surface area contributed by atoms with Crippen molar-refractivity contribution in [3.05, 3.63) is 29.8 Å². The highest BCUT2D eigenvalue weighted by Gasteiger charge is 2.13. The molecule has 0 fully saturated rings. The van der Waals surface area contributed by atoms with E-state index >= 15 is 0 Å². The lowest BCUT2D eigenvalue weighted by molar-refractivity contribution is 0.113. The summed E-state index contributed by atoms with van der Waals surface area (Å²) in [6, 6.07) is 3.91. The van der Waals surface area contributed by atoms with Crippen LogP contribution in [-0.2, 0) is 4.74 Å². The summed E-state index contributed by atoms with van der Waals surface area (Å²) in [6.07, 6.45) is -0.204. The summed E-state index contributed by atoms with van der Waals surface area (Å²) >= 11 is 1.09. The van der Waals surface area contributed by atoms with Gasteiger partial charge in [-0.1, -0.05) is 0 Å². The molecular weight excluding hydrogens is 257 g/mol. The molecule has 1 heterocycles. The van der Waals surface area contributed by atoms with E-state index in [9.17, 15) is 4.39 Å². The number of benzene rings is 1. The van der Waals surface area contributed by atoms with Crippen LogP contribution in [0.4, 0.5) is 10.1 Å². The third-order valence-electron chi connectivity index (χ3n) is 2.31. The number of methoxy groups -OCH3 is 1. The topological polar surface area (TPSA) is 70.3 Å². The summed E-state index contributed by atoms with van der Waals surface area (Å²) in [4.78, 5) is 4.15. The zero-order valence-corrected chi connectivity index (χ0v) is 10.7. The number of hydrogen-bond donors (Lipinski definition) is 1. The molecule has 5 nitrogen and oxygen atoms in total. The number of nitrogens with two attached hydrogens (primary N) is 1. The minimum atomic E-state index is -0.411. The zero-order chi connectivity index (χ0) is 13.1. The highest BCUT2D eigenvalue weighted by Crippen LogP contribution is 2.30. The van der Waals surface area contributed by atoms with E-state index in [0.29, 0.717) is 16.8 Å². The fourth-order valence-corrected chi connectivity index (χ4v) is 1.86. The average Bonchev–Trinajstić information content (AvgIpc) is 2.80. The van der Waals surface area contributed by atoms with Crippen LogP contribution in [-0.4, -0.2) is 16.5 Å². The van der Waals surface area contributed by atoms with Crippen molar-refractivity contribution in [2.45, 2.75) is 13.0 Å². The van der Waals surface area contributed by atoms with Crippen LogP contribution in [0.25, 0.3) is 0 Å². The summed E-state index contributed by atoms with van der Waals surface area (Å²) in [5.74, 6) is 0.480. The van der Waals surface area contributed by atoms with Gasteiger partial charge in [0.05, 0.1) is 5.69 Å². The lowest BCUT2D eigenvalue weighted by Crippen LogP contribution is -1.98. The SMILES string of the molecule is COC(C)c1nsc(Oc2ccc(F)cc2N)n1. The summed E-state index contributed by atoms with van der Waals surface area (Å²) in [5.41, 5.74) is 5.84. The molecule has 2 aromatic rings. The Kier molecular flexibility index (Phi) is 3.73. The second-order valence-electron chi connectivity index (χ2n) is 3.58. The molecule has 0 radical (unpaired) electrons. The summed E-state index contributed by atoms with van der Waals surface area (Å²) in [6.45, 7) is 1.83. The fraction of sp³-hybridized carbons (Fsp3) is 0.273. The third kappa shape index (κ3) is 2.74. The van der Waals surface area contributed by atoms with Crippen LogP contribution in [0.1, 0.15) is 18.9 Å². The van der Waals surface area contributed by atoms with E-state index in [1.54, 1.807) is 7.11 Å². The molecule has 96 valence electrons. The first-order chi connectivity index (χ1) is 8.60. The standard InChI is InChI=1S/C11H12FN3O2S/c1-6(16-2)10-14-11(18-15-10)17-9-4-3-7(12)5-8(9)13/h3-6H,13H2,1-2H3. The van der Waals surface area contributed by atoms with E-state index in [4.69, 9.17) is 15.2 Å². The molecule has 0 aliphatic rings. The smallest absolute Gasteiger partial charge is 0.298 e. The van der Waals surface area contributed by atoms with Gasteiger partial charge in [0.2, 0.25) is 0 Å². The van der Waals surface area contributed by atoms with Gasteiger partial charge in [0.1, 0.15) is 11.9 Å². The zero-order valence-electron chi connectivity index (χ0n) is 9.88. The third-order valence-corrected chi connectivity index (χ3v) is 2.92. The molecule has 18 heavy (non-hydrogen) atoms. The Morgan fingerprint density at radius 3 is 2.89 bits per heavy atom. The maximum Gasteiger partial charge on any atom is 0.298 e. The Labute approximate surface area is 108 Å². The minimum absolute atomic E-state index is 0.204. The van der Waals surface area contributed by atoms with Crippen LogP contribution in [0, 0.1) is 5.82 Å². The molecule has 0 aliphatic heterocycles. The Hall–Kier alpha value is -1.73. The van der Waals surface area contributed by atoms with E-state index in [-0.39, 0.29) is 11.8 Å². The number of nitrogen functional groups attached to an aromatic ring is 1. The van der Waals surface area contributed by atoms with Crippen molar-refractivity contribution >= 4 is 17.2 Å². The largest absolute Gasteiger partial charge is 0.428 e. The maximum absolute atomic E-state index is 12.9. The van der Waals surface area contributed by atoms with E-state index in [1.165, 1.54) is 18.2 Å². The Balaban J connectivity index is 2.16. The number of aromatic nitrogens is 2. The van der Waals surface area contributed by atoms with Crippen molar-refractivity contribution in [1.29, 1.82) is 0 Å². The fourth-order valence-electron chi connectivity index (χ4n) is 1.24. The average molecular weight is 269 g/mol. The van der Waals surface area contributed by atoms with E-state index in [0.717, 1.165) is 11.5 Å². The molecule has 0 saturated heterocycles. The first-order valence-corrected chi connectivity index (χ1v) is 5.96. The molecule has 0 saturated carbocycles. The van der Waals surface area contributed by atoms with Crippen LogP contribution >= 0.6 is 11.5 Å². The van der Waals surface area contributed by atoms with Crippen molar-refractivity contribution in [3.63, 3.8) is 0 Å². The number of nitrogens with zero attached hydrogens (tertiary/aromatic N) is 2. The lowest BCUT2D eigenvalue weighted by Gasteiger charge is -2.05. The monoisotopic (exact) mass is 269 g/mol. The molecular formula is C11H12FN3O2S. The number of rotatable bonds is 4. The second-order valence-corrected chi connectivity index (χ2v) is 4.30. The van der Waals surface area contributed by atoms with Gasteiger partial charge in [-0.25, -0.2) is 4.39 Å². The molecule has 2 rings (SSSR count). The highest BCUT2D eigenvalue weighted by atomic mass is 32.1. The van der Waals surface area contributed by atoms with E-state index in [2.05, 4.69) is 9.36 Å². The van der Waals surface area contributed by atoms with E-state index < -0.39 is 5.82 Å². The van der Waals surface area contributed by atoms with Crippen LogP contribution < -0.4 is 10.5 Å². The lowest BCUT2D eigenvalue weighted by atomic mass is 10.3. The molecule has 7 heteroatoms. The van der Waals surface area contributed by atoms with Gasteiger partial charge in [-0.3, -0.25) is 0 Å². The number of hydrogen-bond acceptors (Lipinski definition) is 6. The van der Waals surface area contributed by atoms with Gasteiger partial charge in [0.25, 0.3) is 5.19 Å². The van der Waals surface area contributed by atoms with Crippen molar-refractivity contribution < 1.29 is 13.9 Å². The molecule has 1 atom stereocenters. The molecule has 0 aliphatic carbocycles. The van der Waals surface area contributed by atoms with Gasteiger partial charge in [0, 0.05) is 24.7 Å². The van der Waals surface area contributed by atoms with Crippen molar-refractivity contribution in [2.75, 3.05) is 12.8 Å². The molecule has 2 N–H and O–H groups in total. The van der Waals surface area contributed by atoms with Gasteiger partial charge >= 0.3 is 0 Å². The van der Waals surface area contributed by atoms with Gasteiger partial charge < -0.3 is 15.2 Å². The summed E-state index contributed by atoms with van der Waals surface area (Å²) in [7, 11) is 1.57. The molecule has 0 spiro atoms. The number of halogens is 1. The molecule has 1 aromatic heterocycles. The van der Waals surface area contributed by atoms with Crippen LogP contribution in [0.2, 0.25) is 0 Å². The summed E-state index contributed by atoms with van der Waals surface area (Å²) < 4.78 is 27.5. The van der Waals surface area contributed by atoms with Gasteiger partial charge in [0.15, 0.2) is 11.6 Å². The molecule has 0 bridgehead atoms. The Morgan fingerprint density at radius 1 is 1.44 bits per heavy atom. The quantitative estimate of drug-likeness (QED) is 0.864. The predicted octanol–water partition coefficient (Wildman–Crippen LogP) is 2.76. The molecule has 1 unspecified atom stereocenters. The van der Waals surface area contributed by atoms with Crippen LogP contribution in [0.5, 0.6) is 10.9 Å². The van der Waals surface area contributed by atoms with Crippen molar-refractivity contribution in [1.82, 2.24) is 9.36 Å². The maximum atomic E-state index is 12.9.